The molecule has 2 nitrogen and oxygen atoms in total. The van der Waals surface area contributed by atoms with Gasteiger partial charge in [0.15, 0.2) is 0 Å². The normalized spacial score (nSPS) is 22.6. The van der Waals surface area contributed by atoms with Crippen LogP contribution in [0.3, 0.4) is 0 Å². The van der Waals surface area contributed by atoms with Gasteiger partial charge in [-0.25, -0.2) is 0 Å². The number of ether oxygens (including phenoxy) is 2. The molecule has 1 saturated heterocycles. The Balaban J connectivity index is 2.23. The number of hydrogen-bond acceptors (Lipinski definition) is 2. The number of benzene rings is 1. The third-order valence-electron chi connectivity index (χ3n) is 2.88. The molecule has 1 heterocycles. The van der Waals surface area contributed by atoms with E-state index in [-0.39, 0.29) is 6.10 Å². The minimum atomic E-state index is 0.168. The van der Waals surface area contributed by atoms with Gasteiger partial charge in [-0.15, -0.1) is 6.42 Å². The lowest BCUT2D eigenvalue weighted by Gasteiger charge is -2.05. The van der Waals surface area contributed by atoms with E-state index in [0.29, 0.717) is 6.10 Å². The van der Waals surface area contributed by atoms with Crippen LogP contribution >= 0.6 is 0 Å². The molecule has 0 aliphatic carbocycles. The fraction of sp³-hybridized carbons (Fsp3) is 0.429. The molecular formula is C14H16O2. The first-order valence-electron chi connectivity index (χ1n) is 5.60. The smallest absolute Gasteiger partial charge is 0.119 e. The van der Waals surface area contributed by atoms with Gasteiger partial charge < -0.3 is 9.47 Å². The minimum Gasteiger partial charge on any atom is -0.497 e. The third-order valence-corrected chi connectivity index (χ3v) is 2.88. The number of methoxy groups -OCH3 is 1. The first-order chi connectivity index (χ1) is 7.80. The Bertz CT molecular complexity index is 417. The fourth-order valence-electron chi connectivity index (χ4n) is 1.96. The second-order valence-corrected chi connectivity index (χ2v) is 3.98. The summed E-state index contributed by atoms with van der Waals surface area (Å²) in [6.45, 7) is 2.16. The van der Waals surface area contributed by atoms with Crippen LogP contribution < -0.4 is 4.74 Å². The van der Waals surface area contributed by atoms with Crippen molar-refractivity contribution in [1.29, 1.82) is 0 Å². The number of rotatable bonds is 4. The molecule has 0 radical (unpaired) electrons. The topological polar surface area (TPSA) is 21.8 Å². The van der Waals surface area contributed by atoms with Gasteiger partial charge in [-0.3, -0.25) is 0 Å². The van der Waals surface area contributed by atoms with Crippen LogP contribution in [0.15, 0.2) is 18.2 Å². The van der Waals surface area contributed by atoms with Crippen LogP contribution in [0.5, 0.6) is 5.75 Å². The maximum absolute atomic E-state index is 5.63. The lowest BCUT2D eigenvalue weighted by Crippen LogP contribution is -1.94. The zero-order chi connectivity index (χ0) is 11.5. The molecule has 84 valence electrons. The number of terminal acetylenes is 1. The summed E-state index contributed by atoms with van der Waals surface area (Å²) in [4.78, 5) is 0. The van der Waals surface area contributed by atoms with Gasteiger partial charge in [0.05, 0.1) is 13.2 Å². The fourth-order valence-corrected chi connectivity index (χ4v) is 1.96. The van der Waals surface area contributed by atoms with Gasteiger partial charge >= 0.3 is 0 Å². The van der Waals surface area contributed by atoms with Crippen LogP contribution in [0.1, 0.15) is 37.0 Å². The first kappa shape index (κ1) is 11.0. The van der Waals surface area contributed by atoms with E-state index in [0.717, 1.165) is 29.7 Å². The summed E-state index contributed by atoms with van der Waals surface area (Å²) >= 11 is 0. The van der Waals surface area contributed by atoms with Crippen molar-refractivity contribution >= 4 is 0 Å². The molecule has 1 aliphatic rings. The van der Waals surface area contributed by atoms with Crippen molar-refractivity contribution in [3.63, 3.8) is 0 Å². The zero-order valence-electron chi connectivity index (χ0n) is 9.69. The average Bonchev–Trinajstić information content (AvgIpc) is 3.08. The lowest BCUT2D eigenvalue weighted by atomic mass is 10.0. The molecule has 16 heavy (non-hydrogen) atoms. The third kappa shape index (κ3) is 2.05. The van der Waals surface area contributed by atoms with Crippen LogP contribution in [0.2, 0.25) is 0 Å². The van der Waals surface area contributed by atoms with Crippen LogP contribution in [0, 0.1) is 12.3 Å². The molecule has 2 atom stereocenters. The summed E-state index contributed by atoms with van der Waals surface area (Å²) < 4.78 is 10.8. The van der Waals surface area contributed by atoms with E-state index in [2.05, 4.69) is 12.8 Å². The van der Waals surface area contributed by atoms with Gasteiger partial charge in [0.25, 0.3) is 0 Å². The number of epoxide rings is 1. The first-order valence-corrected chi connectivity index (χ1v) is 5.60. The Morgan fingerprint density at radius 2 is 2.31 bits per heavy atom. The van der Waals surface area contributed by atoms with Crippen molar-refractivity contribution in [2.75, 3.05) is 7.11 Å². The molecule has 0 aromatic heterocycles. The molecule has 1 aromatic rings. The van der Waals surface area contributed by atoms with Crippen LogP contribution in [-0.4, -0.2) is 13.2 Å². The maximum atomic E-state index is 5.63. The molecular weight excluding hydrogens is 200 g/mol. The van der Waals surface area contributed by atoms with E-state index in [1.54, 1.807) is 7.11 Å². The molecule has 1 aromatic carbocycles. The summed E-state index contributed by atoms with van der Waals surface area (Å²) in [6.07, 6.45) is 8.21. The monoisotopic (exact) mass is 216 g/mol. The van der Waals surface area contributed by atoms with E-state index in [1.165, 1.54) is 0 Å². The summed E-state index contributed by atoms with van der Waals surface area (Å²) in [5.74, 6) is 3.53. The maximum Gasteiger partial charge on any atom is 0.119 e. The standard InChI is InChI=1S/C14H16O2/c1-4-6-13-14(16-13)12-9-11(15-3)8-7-10(12)5-2/h2,7-9,13-14H,4,6H2,1,3H3. The Kier molecular flexibility index (Phi) is 3.17. The highest BCUT2D eigenvalue weighted by Crippen LogP contribution is 2.43. The molecule has 1 aliphatic heterocycles. The second kappa shape index (κ2) is 4.59. The predicted octanol–water partition coefficient (Wildman–Crippen LogP) is 2.92. The van der Waals surface area contributed by atoms with E-state index >= 15 is 0 Å². The minimum absolute atomic E-state index is 0.168. The van der Waals surface area contributed by atoms with Gasteiger partial charge in [-0.1, -0.05) is 19.3 Å². The largest absolute Gasteiger partial charge is 0.497 e. The number of hydrogen-bond donors (Lipinski definition) is 0. The highest BCUT2D eigenvalue weighted by Gasteiger charge is 2.40. The molecule has 2 rings (SSSR count). The van der Waals surface area contributed by atoms with Crippen molar-refractivity contribution in [1.82, 2.24) is 0 Å². The second-order valence-electron chi connectivity index (χ2n) is 3.98. The molecule has 2 unspecified atom stereocenters. The quantitative estimate of drug-likeness (QED) is 0.570. The van der Waals surface area contributed by atoms with E-state index < -0.39 is 0 Å². The van der Waals surface area contributed by atoms with Crippen LogP contribution in [0.4, 0.5) is 0 Å². The molecule has 0 saturated carbocycles. The van der Waals surface area contributed by atoms with E-state index in [9.17, 15) is 0 Å². The lowest BCUT2D eigenvalue weighted by molar-refractivity contribution is 0.363. The zero-order valence-corrected chi connectivity index (χ0v) is 9.69. The highest BCUT2D eigenvalue weighted by atomic mass is 16.6. The molecule has 2 heteroatoms. The van der Waals surface area contributed by atoms with Gasteiger partial charge in [-0.05, 0) is 24.6 Å². The highest BCUT2D eigenvalue weighted by molar-refractivity contribution is 5.47. The summed E-state index contributed by atoms with van der Waals surface area (Å²) in [7, 11) is 1.66. The Labute approximate surface area is 96.6 Å². The summed E-state index contributed by atoms with van der Waals surface area (Å²) in [5, 5.41) is 0. The molecule has 0 spiro atoms. The molecule has 1 fully saturated rings. The molecule has 0 amide bonds. The Morgan fingerprint density at radius 1 is 1.50 bits per heavy atom. The molecule has 0 N–H and O–H groups in total. The van der Waals surface area contributed by atoms with Crippen LogP contribution in [-0.2, 0) is 4.74 Å². The van der Waals surface area contributed by atoms with Crippen molar-refractivity contribution < 1.29 is 9.47 Å². The van der Waals surface area contributed by atoms with Gasteiger partial charge in [0.2, 0.25) is 0 Å². The van der Waals surface area contributed by atoms with Gasteiger partial charge in [-0.2, -0.15) is 0 Å². The van der Waals surface area contributed by atoms with Gasteiger partial charge in [0.1, 0.15) is 11.9 Å². The van der Waals surface area contributed by atoms with Gasteiger partial charge in [0, 0.05) is 11.1 Å². The summed E-state index contributed by atoms with van der Waals surface area (Å²) in [6, 6.07) is 5.78. The van der Waals surface area contributed by atoms with E-state index in [1.807, 2.05) is 18.2 Å². The van der Waals surface area contributed by atoms with E-state index in [4.69, 9.17) is 15.9 Å². The molecule has 0 bridgehead atoms. The van der Waals surface area contributed by atoms with Crippen molar-refractivity contribution in [2.45, 2.75) is 32.0 Å². The van der Waals surface area contributed by atoms with Crippen LogP contribution in [0.25, 0.3) is 0 Å². The predicted molar refractivity (Wildman–Crippen MR) is 63.5 cm³/mol. The SMILES string of the molecule is C#Cc1ccc(OC)cc1C1OC1CCC. The van der Waals surface area contributed by atoms with Crippen molar-refractivity contribution in [3.8, 4) is 18.1 Å². The average molecular weight is 216 g/mol. The Hall–Kier alpha value is -1.46. The summed E-state index contributed by atoms with van der Waals surface area (Å²) in [5.41, 5.74) is 1.99. The Morgan fingerprint density at radius 3 is 2.94 bits per heavy atom. The van der Waals surface area contributed by atoms with Crippen molar-refractivity contribution in [2.24, 2.45) is 0 Å². The van der Waals surface area contributed by atoms with Crippen molar-refractivity contribution in [3.05, 3.63) is 29.3 Å².